The predicted molar refractivity (Wildman–Crippen MR) is 128 cm³/mol. The summed E-state index contributed by atoms with van der Waals surface area (Å²) >= 11 is 0. The molecule has 3 N–H and O–H groups in total. The lowest BCUT2D eigenvalue weighted by Crippen LogP contribution is -2.53. The summed E-state index contributed by atoms with van der Waals surface area (Å²) in [6, 6.07) is 11.9. The number of urea groups is 1. The molecule has 2 aliphatic heterocycles. The van der Waals surface area contributed by atoms with Crippen molar-refractivity contribution < 1.29 is 23.9 Å². The van der Waals surface area contributed by atoms with E-state index in [0.29, 0.717) is 35.5 Å². The van der Waals surface area contributed by atoms with Crippen molar-refractivity contribution in [3.8, 4) is 5.75 Å². The first-order valence-corrected chi connectivity index (χ1v) is 11.4. The van der Waals surface area contributed by atoms with E-state index in [0.717, 1.165) is 5.56 Å². The maximum atomic E-state index is 13.3. The Morgan fingerprint density at radius 1 is 1.06 bits per heavy atom. The summed E-state index contributed by atoms with van der Waals surface area (Å²) in [5.74, 6) is 0.147. The Kier molecular flexibility index (Phi) is 7.02. The summed E-state index contributed by atoms with van der Waals surface area (Å²) < 4.78 is 12.1. The monoisotopic (exact) mass is 466 g/mol. The standard InChI is InChI=1S/C25H30N4O5/c1-15-4-6-16(7-5-15)27-25(32)28-17-8-11-21-19(12-17)24(31)29(3)20-10-9-18(13-23(30)26-2)34-22(20)14-33-21/h4-8,11-12,18,20,22H,9-10,13-14H2,1-3H3,(H,26,30)(H2,27,28,32)/t18-,20+,22-/m1/s1. The number of ether oxygens (including phenoxy) is 2. The number of carbonyl (C=O) groups excluding carboxylic acids is 3. The van der Waals surface area contributed by atoms with Crippen LogP contribution in [0.2, 0.25) is 0 Å². The molecule has 0 unspecified atom stereocenters. The van der Waals surface area contributed by atoms with E-state index < -0.39 is 6.03 Å². The highest BCUT2D eigenvalue weighted by Gasteiger charge is 2.39. The molecular weight excluding hydrogens is 436 g/mol. The molecule has 0 spiro atoms. The molecule has 1 saturated heterocycles. The third-order valence-electron chi connectivity index (χ3n) is 6.27. The smallest absolute Gasteiger partial charge is 0.323 e. The Balaban J connectivity index is 1.46. The van der Waals surface area contributed by atoms with E-state index in [-0.39, 0.29) is 43.1 Å². The molecular formula is C25H30N4O5. The molecule has 180 valence electrons. The van der Waals surface area contributed by atoms with Crippen molar-refractivity contribution in [2.45, 2.75) is 44.4 Å². The van der Waals surface area contributed by atoms with Crippen LogP contribution in [0.1, 0.15) is 35.2 Å². The SMILES string of the molecule is CNC(=O)C[C@H]1CC[C@H]2[C@@H](COc3ccc(NC(=O)Nc4ccc(C)cc4)cc3C(=O)N2C)O1. The van der Waals surface area contributed by atoms with Crippen LogP contribution in [0.3, 0.4) is 0 Å². The minimum atomic E-state index is -0.403. The summed E-state index contributed by atoms with van der Waals surface area (Å²) in [4.78, 5) is 39.2. The van der Waals surface area contributed by atoms with Gasteiger partial charge in [-0.15, -0.1) is 0 Å². The third-order valence-corrected chi connectivity index (χ3v) is 6.27. The lowest BCUT2D eigenvalue weighted by molar-refractivity contribution is -0.133. The summed E-state index contributed by atoms with van der Waals surface area (Å²) in [6.45, 7) is 2.24. The van der Waals surface area contributed by atoms with Gasteiger partial charge in [-0.2, -0.15) is 0 Å². The van der Waals surface area contributed by atoms with Crippen LogP contribution in [0.15, 0.2) is 42.5 Å². The number of anilines is 2. The zero-order valence-corrected chi connectivity index (χ0v) is 19.6. The minimum Gasteiger partial charge on any atom is -0.490 e. The van der Waals surface area contributed by atoms with Gasteiger partial charge in [-0.05, 0) is 50.1 Å². The summed E-state index contributed by atoms with van der Waals surface area (Å²) in [5.41, 5.74) is 2.63. The Bertz CT molecular complexity index is 1070. The average molecular weight is 467 g/mol. The molecule has 4 amide bonds. The van der Waals surface area contributed by atoms with Gasteiger partial charge >= 0.3 is 6.03 Å². The molecule has 2 aliphatic rings. The van der Waals surface area contributed by atoms with Crippen LogP contribution in [-0.4, -0.2) is 61.7 Å². The van der Waals surface area contributed by atoms with Gasteiger partial charge in [0.05, 0.1) is 24.1 Å². The highest BCUT2D eigenvalue weighted by molar-refractivity contribution is 6.02. The van der Waals surface area contributed by atoms with Crippen LogP contribution in [0.4, 0.5) is 16.2 Å². The third kappa shape index (κ3) is 5.31. The number of rotatable bonds is 4. The lowest BCUT2D eigenvalue weighted by atomic mass is 9.94. The lowest BCUT2D eigenvalue weighted by Gasteiger charge is -2.42. The Morgan fingerprint density at radius 3 is 2.50 bits per heavy atom. The van der Waals surface area contributed by atoms with E-state index in [1.807, 2.05) is 31.2 Å². The van der Waals surface area contributed by atoms with Gasteiger partial charge in [0.1, 0.15) is 18.5 Å². The Labute approximate surface area is 198 Å². The number of likely N-dealkylation sites (N-methyl/N-ethyl adjacent to an activating group) is 1. The van der Waals surface area contributed by atoms with Gasteiger partial charge in [-0.3, -0.25) is 9.59 Å². The van der Waals surface area contributed by atoms with Gasteiger partial charge in [-0.1, -0.05) is 17.7 Å². The van der Waals surface area contributed by atoms with E-state index >= 15 is 0 Å². The Hall–Kier alpha value is -3.59. The van der Waals surface area contributed by atoms with Crippen molar-refractivity contribution in [3.63, 3.8) is 0 Å². The summed E-state index contributed by atoms with van der Waals surface area (Å²) in [7, 11) is 3.35. The summed E-state index contributed by atoms with van der Waals surface area (Å²) in [6.07, 6.45) is 1.15. The first kappa shape index (κ1) is 23.6. The van der Waals surface area contributed by atoms with Crippen molar-refractivity contribution in [1.29, 1.82) is 0 Å². The topological polar surface area (TPSA) is 109 Å². The fourth-order valence-corrected chi connectivity index (χ4v) is 4.34. The predicted octanol–water partition coefficient (Wildman–Crippen LogP) is 3.16. The average Bonchev–Trinajstić information content (AvgIpc) is 2.83. The largest absolute Gasteiger partial charge is 0.490 e. The van der Waals surface area contributed by atoms with Crippen LogP contribution >= 0.6 is 0 Å². The minimum absolute atomic E-state index is 0.0727. The molecule has 2 aromatic carbocycles. The van der Waals surface area contributed by atoms with E-state index in [4.69, 9.17) is 9.47 Å². The molecule has 2 aromatic rings. The first-order valence-electron chi connectivity index (χ1n) is 11.4. The highest BCUT2D eigenvalue weighted by atomic mass is 16.5. The van der Waals surface area contributed by atoms with E-state index in [2.05, 4.69) is 16.0 Å². The zero-order valence-electron chi connectivity index (χ0n) is 19.6. The molecule has 0 saturated carbocycles. The van der Waals surface area contributed by atoms with Gasteiger partial charge in [0.15, 0.2) is 0 Å². The quantitative estimate of drug-likeness (QED) is 0.641. The van der Waals surface area contributed by atoms with Crippen molar-refractivity contribution in [2.24, 2.45) is 0 Å². The van der Waals surface area contributed by atoms with Gasteiger partial charge in [0.25, 0.3) is 5.91 Å². The van der Waals surface area contributed by atoms with Crippen LogP contribution in [0.5, 0.6) is 5.75 Å². The number of hydrogen-bond acceptors (Lipinski definition) is 5. The van der Waals surface area contributed by atoms with Crippen molar-refractivity contribution >= 4 is 29.2 Å². The number of nitrogens with zero attached hydrogens (tertiary/aromatic N) is 1. The molecule has 3 atom stereocenters. The van der Waals surface area contributed by atoms with Crippen LogP contribution in [-0.2, 0) is 9.53 Å². The molecule has 1 fully saturated rings. The normalized spacial score (nSPS) is 21.8. The second-order valence-electron chi connectivity index (χ2n) is 8.70. The molecule has 0 aliphatic carbocycles. The van der Waals surface area contributed by atoms with Crippen molar-refractivity contribution in [3.05, 3.63) is 53.6 Å². The maximum absolute atomic E-state index is 13.3. The fourth-order valence-electron chi connectivity index (χ4n) is 4.34. The second-order valence-corrected chi connectivity index (χ2v) is 8.70. The van der Waals surface area contributed by atoms with Crippen LogP contribution < -0.4 is 20.7 Å². The number of carbonyl (C=O) groups is 3. The zero-order chi connectivity index (χ0) is 24.2. The number of fused-ring (bicyclic) bond motifs is 2. The van der Waals surface area contributed by atoms with Gasteiger partial charge in [-0.25, -0.2) is 4.79 Å². The fraction of sp³-hybridized carbons (Fsp3) is 0.400. The van der Waals surface area contributed by atoms with Crippen molar-refractivity contribution in [2.75, 3.05) is 31.3 Å². The molecule has 9 heteroatoms. The molecule has 2 heterocycles. The molecule has 34 heavy (non-hydrogen) atoms. The molecule has 9 nitrogen and oxygen atoms in total. The number of amides is 4. The molecule has 0 radical (unpaired) electrons. The number of benzene rings is 2. The van der Waals surface area contributed by atoms with Crippen LogP contribution in [0.25, 0.3) is 0 Å². The number of hydrogen-bond donors (Lipinski definition) is 3. The van der Waals surface area contributed by atoms with Crippen LogP contribution in [0, 0.1) is 6.92 Å². The molecule has 4 rings (SSSR count). The van der Waals surface area contributed by atoms with Gasteiger partial charge < -0.3 is 30.3 Å². The Morgan fingerprint density at radius 2 is 1.76 bits per heavy atom. The summed E-state index contributed by atoms with van der Waals surface area (Å²) in [5, 5.41) is 8.17. The maximum Gasteiger partial charge on any atom is 0.323 e. The van der Waals surface area contributed by atoms with E-state index in [9.17, 15) is 14.4 Å². The van der Waals surface area contributed by atoms with Crippen molar-refractivity contribution in [1.82, 2.24) is 10.2 Å². The number of aryl methyl sites for hydroxylation is 1. The number of nitrogens with one attached hydrogen (secondary N) is 3. The second kappa shape index (κ2) is 10.1. The highest BCUT2D eigenvalue weighted by Crippen LogP contribution is 2.32. The van der Waals surface area contributed by atoms with E-state index in [1.54, 1.807) is 37.2 Å². The van der Waals surface area contributed by atoms with Gasteiger partial charge in [0.2, 0.25) is 5.91 Å². The van der Waals surface area contributed by atoms with Gasteiger partial charge in [0, 0.05) is 25.5 Å². The molecule has 0 bridgehead atoms. The first-order chi connectivity index (χ1) is 16.3. The molecule has 0 aromatic heterocycles. The van der Waals surface area contributed by atoms with E-state index in [1.165, 1.54) is 0 Å².